The molecule has 0 unspecified atom stereocenters. The number of benzene rings is 1. The van der Waals surface area contributed by atoms with Crippen LogP contribution in [0.5, 0.6) is 0 Å². The molecule has 2 rings (SSSR count). The summed E-state index contributed by atoms with van der Waals surface area (Å²) in [6.07, 6.45) is 1.34. The van der Waals surface area contributed by atoms with Crippen LogP contribution >= 0.6 is 23.2 Å². The Morgan fingerprint density at radius 2 is 1.90 bits per heavy atom. The van der Waals surface area contributed by atoms with Crippen molar-refractivity contribution < 1.29 is 13.2 Å². The van der Waals surface area contributed by atoms with E-state index < -0.39 is 15.9 Å². The molecule has 9 heteroatoms. The summed E-state index contributed by atoms with van der Waals surface area (Å²) in [4.78, 5) is 15.6. The number of amides is 1. The first-order valence-corrected chi connectivity index (χ1v) is 7.83. The van der Waals surface area contributed by atoms with Crippen molar-refractivity contribution >= 4 is 44.8 Å². The van der Waals surface area contributed by atoms with Crippen LogP contribution in [-0.2, 0) is 10.0 Å². The predicted octanol–water partition coefficient (Wildman–Crippen LogP) is 2.29. The van der Waals surface area contributed by atoms with Crippen LogP contribution in [-0.4, -0.2) is 19.3 Å². The van der Waals surface area contributed by atoms with E-state index in [1.807, 2.05) is 0 Å². The van der Waals surface area contributed by atoms with Gasteiger partial charge in [-0.25, -0.2) is 18.5 Å². The Morgan fingerprint density at radius 1 is 1.19 bits per heavy atom. The maximum atomic E-state index is 11.9. The van der Waals surface area contributed by atoms with E-state index in [1.54, 1.807) is 0 Å². The van der Waals surface area contributed by atoms with Crippen LogP contribution in [0.4, 0.5) is 5.69 Å². The molecule has 0 bridgehead atoms. The van der Waals surface area contributed by atoms with E-state index in [9.17, 15) is 13.2 Å². The highest BCUT2D eigenvalue weighted by Crippen LogP contribution is 2.24. The number of sulfonamides is 1. The van der Waals surface area contributed by atoms with Crippen LogP contribution in [0.3, 0.4) is 0 Å². The summed E-state index contributed by atoms with van der Waals surface area (Å²) in [5.74, 6) is -0.480. The number of nitrogens with zero attached hydrogens (tertiary/aromatic N) is 1. The SMILES string of the molecule is NS(=O)(=O)c1ccc(NC(=O)c2ccc(Cl)cn2)cc1Cl. The number of halogens is 2. The molecule has 0 aliphatic heterocycles. The highest BCUT2D eigenvalue weighted by atomic mass is 35.5. The lowest BCUT2D eigenvalue weighted by Crippen LogP contribution is -2.15. The van der Waals surface area contributed by atoms with Gasteiger partial charge in [-0.15, -0.1) is 0 Å². The molecule has 0 saturated heterocycles. The molecule has 3 N–H and O–H groups in total. The average molecular weight is 346 g/mol. The van der Waals surface area contributed by atoms with E-state index in [1.165, 1.54) is 36.5 Å². The zero-order valence-corrected chi connectivity index (χ0v) is 12.7. The number of carbonyl (C=O) groups is 1. The summed E-state index contributed by atoms with van der Waals surface area (Å²) < 4.78 is 22.4. The van der Waals surface area contributed by atoms with Crippen molar-refractivity contribution in [1.29, 1.82) is 0 Å². The fraction of sp³-hybridized carbons (Fsp3) is 0. The summed E-state index contributed by atoms with van der Waals surface area (Å²) in [5.41, 5.74) is 0.472. The molecule has 0 atom stereocenters. The molecule has 0 spiro atoms. The van der Waals surface area contributed by atoms with Crippen molar-refractivity contribution in [2.75, 3.05) is 5.32 Å². The summed E-state index contributed by atoms with van der Waals surface area (Å²) >= 11 is 11.5. The maximum absolute atomic E-state index is 11.9. The second kappa shape index (κ2) is 5.98. The van der Waals surface area contributed by atoms with Crippen LogP contribution in [0.25, 0.3) is 0 Å². The first-order chi connectivity index (χ1) is 9.77. The monoisotopic (exact) mass is 345 g/mol. The molecule has 0 saturated carbocycles. The Hall–Kier alpha value is -1.67. The highest BCUT2D eigenvalue weighted by Gasteiger charge is 2.14. The molecule has 1 aromatic heterocycles. The third-order valence-electron chi connectivity index (χ3n) is 2.46. The van der Waals surface area contributed by atoms with Crippen LogP contribution in [0, 0.1) is 0 Å². The molecule has 1 heterocycles. The Bertz CT molecular complexity index is 792. The van der Waals surface area contributed by atoms with Gasteiger partial charge in [0.1, 0.15) is 10.6 Å². The fourth-order valence-electron chi connectivity index (χ4n) is 1.51. The van der Waals surface area contributed by atoms with Gasteiger partial charge in [-0.3, -0.25) is 4.79 Å². The number of hydrogen-bond acceptors (Lipinski definition) is 4. The minimum atomic E-state index is -3.91. The molecule has 2 aromatic rings. The predicted molar refractivity (Wildman–Crippen MR) is 80.0 cm³/mol. The van der Waals surface area contributed by atoms with Gasteiger partial charge in [0.15, 0.2) is 0 Å². The topological polar surface area (TPSA) is 102 Å². The molecule has 0 aliphatic rings. The maximum Gasteiger partial charge on any atom is 0.274 e. The number of rotatable bonds is 3. The molecular formula is C12H9Cl2N3O3S. The minimum absolute atomic E-state index is 0.0839. The van der Waals surface area contributed by atoms with Gasteiger partial charge in [0.2, 0.25) is 10.0 Å². The summed E-state index contributed by atoms with van der Waals surface area (Å²) in [5, 5.41) is 7.85. The summed E-state index contributed by atoms with van der Waals surface area (Å²) in [7, 11) is -3.91. The summed E-state index contributed by atoms with van der Waals surface area (Å²) in [6, 6.07) is 6.86. The number of pyridine rings is 1. The molecule has 21 heavy (non-hydrogen) atoms. The Balaban J connectivity index is 2.22. The van der Waals surface area contributed by atoms with E-state index in [0.717, 1.165) is 0 Å². The van der Waals surface area contributed by atoms with Gasteiger partial charge >= 0.3 is 0 Å². The summed E-state index contributed by atoms with van der Waals surface area (Å²) in [6.45, 7) is 0. The smallest absolute Gasteiger partial charge is 0.274 e. The third kappa shape index (κ3) is 3.92. The molecule has 1 amide bonds. The number of anilines is 1. The quantitative estimate of drug-likeness (QED) is 0.890. The van der Waals surface area contributed by atoms with E-state index >= 15 is 0 Å². The number of hydrogen-bond donors (Lipinski definition) is 2. The lowest BCUT2D eigenvalue weighted by atomic mass is 10.3. The largest absolute Gasteiger partial charge is 0.321 e. The van der Waals surface area contributed by atoms with Crippen LogP contribution in [0.1, 0.15) is 10.5 Å². The van der Waals surface area contributed by atoms with Gasteiger partial charge in [-0.05, 0) is 30.3 Å². The Kier molecular flexibility index (Phi) is 4.48. The lowest BCUT2D eigenvalue weighted by molar-refractivity contribution is 0.102. The highest BCUT2D eigenvalue weighted by molar-refractivity contribution is 7.89. The minimum Gasteiger partial charge on any atom is -0.321 e. The van der Waals surface area contributed by atoms with Gasteiger partial charge < -0.3 is 5.32 Å². The normalized spacial score (nSPS) is 11.2. The zero-order valence-electron chi connectivity index (χ0n) is 10.4. The Labute approximate surface area is 130 Å². The van der Waals surface area contributed by atoms with Crippen LogP contribution in [0.2, 0.25) is 10.0 Å². The first kappa shape index (κ1) is 15.7. The second-order valence-corrected chi connectivity index (χ2v) is 6.38. The van der Waals surface area contributed by atoms with E-state index in [2.05, 4.69) is 10.3 Å². The average Bonchev–Trinajstić information content (AvgIpc) is 2.37. The van der Waals surface area contributed by atoms with Crippen molar-refractivity contribution in [3.05, 3.63) is 52.3 Å². The van der Waals surface area contributed by atoms with Crippen LogP contribution in [0.15, 0.2) is 41.4 Å². The van der Waals surface area contributed by atoms with Gasteiger partial charge in [-0.2, -0.15) is 0 Å². The van der Waals surface area contributed by atoms with Gasteiger partial charge in [0, 0.05) is 11.9 Å². The van der Waals surface area contributed by atoms with Crippen molar-refractivity contribution in [2.45, 2.75) is 4.90 Å². The van der Waals surface area contributed by atoms with Crippen LogP contribution < -0.4 is 10.5 Å². The number of nitrogens with one attached hydrogen (secondary N) is 1. The number of carbonyl (C=O) groups excluding carboxylic acids is 1. The van der Waals surface area contributed by atoms with Crippen molar-refractivity contribution in [3.8, 4) is 0 Å². The van der Waals surface area contributed by atoms with Crippen molar-refractivity contribution in [3.63, 3.8) is 0 Å². The van der Waals surface area contributed by atoms with Crippen molar-refractivity contribution in [1.82, 2.24) is 4.98 Å². The zero-order chi connectivity index (χ0) is 15.6. The second-order valence-electron chi connectivity index (χ2n) is 4.01. The molecular weight excluding hydrogens is 337 g/mol. The van der Waals surface area contributed by atoms with E-state index in [-0.39, 0.29) is 15.6 Å². The molecule has 1 aromatic carbocycles. The van der Waals surface area contributed by atoms with E-state index in [4.69, 9.17) is 28.3 Å². The standard InChI is InChI=1S/C12H9Cl2N3O3S/c13-7-1-3-10(16-6-7)12(18)17-8-2-4-11(9(14)5-8)21(15,19)20/h1-6H,(H,17,18)(H2,15,19,20). The molecule has 6 nitrogen and oxygen atoms in total. The third-order valence-corrected chi connectivity index (χ3v) is 4.07. The molecule has 110 valence electrons. The first-order valence-electron chi connectivity index (χ1n) is 5.52. The van der Waals surface area contributed by atoms with Gasteiger partial charge in [0.05, 0.1) is 10.0 Å². The van der Waals surface area contributed by atoms with E-state index in [0.29, 0.717) is 10.7 Å². The molecule has 0 aliphatic carbocycles. The number of nitrogens with two attached hydrogens (primary N) is 1. The van der Waals surface area contributed by atoms with Gasteiger partial charge in [0.25, 0.3) is 5.91 Å². The van der Waals surface area contributed by atoms with Gasteiger partial charge in [-0.1, -0.05) is 23.2 Å². The lowest BCUT2D eigenvalue weighted by Gasteiger charge is -2.07. The molecule has 0 fully saturated rings. The van der Waals surface area contributed by atoms with Crippen molar-refractivity contribution in [2.24, 2.45) is 5.14 Å². The number of primary sulfonamides is 1. The number of aromatic nitrogens is 1. The fourth-order valence-corrected chi connectivity index (χ4v) is 2.72. The molecule has 0 radical (unpaired) electrons. The Morgan fingerprint density at radius 3 is 2.43 bits per heavy atom.